The number of benzene rings is 2. The van der Waals surface area contributed by atoms with Crippen LogP contribution in [-0.4, -0.2) is 153 Å². The Morgan fingerprint density at radius 1 is 1.05 bits per heavy atom. The SMILES string of the molecule is COc1cccc2c1C(=O)c1c(O)c3c(c(O)c1C2=O)C[C@@](O)(C(=O)CO)C[C@@H]3O[C@H]1C[C@H]2[C@H](O[C@@H]3[C@@H](CC(=O)CN4C(=O)CC(SC)C4=O)OCCN32)[C@H](C)O1. The van der Waals surface area contributed by atoms with Crippen LogP contribution in [0.25, 0.3) is 0 Å². The number of methoxy groups -OCH3 is 1. The minimum absolute atomic E-state index is 0.0468. The Kier molecular flexibility index (Phi) is 10.3. The molecule has 9 atom stereocenters. The van der Waals surface area contributed by atoms with Crippen LogP contribution in [0.1, 0.15) is 81.7 Å². The average Bonchev–Trinajstić information content (AvgIpc) is 3.70. The van der Waals surface area contributed by atoms with Gasteiger partial charge in [0.05, 0.1) is 54.4 Å². The molecule has 8 rings (SSSR count). The molecule has 4 fully saturated rings. The van der Waals surface area contributed by atoms with Gasteiger partial charge in [-0.05, 0) is 19.2 Å². The number of rotatable bonds is 10. The number of aliphatic hydroxyl groups excluding tert-OH is 1. The van der Waals surface area contributed by atoms with Gasteiger partial charge in [-0.3, -0.25) is 38.6 Å². The Labute approximate surface area is 330 Å². The van der Waals surface area contributed by atoms with E-state index in [2.05, 4.69) is 0 Å². The molecule has 1 unspecified atom stereocenters. The van der Waals surface area contributed by atoms with Crippen molar-refractivity contribution in [2.24, 2.45) is 0 Å². The topological polar surface area (TPSA) is 236 Å². The van der Waals surface area contributed by atoms with Crippen molar-refractivity contribution in [2.45, 2.75) is 92.9 Å². The van der Waals surface area contributed by atoms with Crippen LogP contribution >= 0.6 is 11.8 Å². The molecule has 4 aliphatic heterocycles. The summed E-state index contributed by atoms with van der Waals surface area (Å²) < 4.78 is 30.5. The number of imide groups is 1. The molecule has 4 heterocycles. The van der Waals surface area contributed by atoms with Gasteiger partial charge in [-0.15, -0.1) is 0 Å². The van der Waals surface area contributed by atoms with Gasteiger partial charge < -0.3 is 44.1 Å². The Hall–Kier alpha value is -4.27. The number of phenolic OH excluding ortho intramolecular Hbond substituents is 2. The molecule has 0 aromatic heterocycles. The molecule has 2 aromatic carbocycles. The molecule has 18 heteroatoms. The number of thioether (sulfide) groups is 1. The quantitative estimate of drug-likeness (QED) is 0.162. The number of aromatic hydroxyl groups is 2. The molecule has 4 N–H and O–H groups in total. The van der Waals surface area contributed by atoms with Crippen molar-refractivity contribution in [1.82, 2.24) is 9.80 Å². The van der Waals surface area contributed by atoms with Crippen molar-refractivity contribution in [3.8, 4) is 17.2 Å². The number of fused-ring (bicyclic) bond motifs is 6. The molecule has 0 radical (unpaired) electrons. The predicted octanol–water partition coefficient (Wildman–Crippen LogP) is 0.557. The van der Waals surface area contributed by atoms with Crippen LogP contribution in [0.4, 0.5) is 0 Å². The number of nitrogens with zero attached hydrogens (tertiary/aromatic N) is 2. The van der Waals surface area contributed by atoms with Crippen LogP contribution in [0.2, 0.25) is 0 Å². The second-order valence-electron chi connectivity index (χ2n) is 15.2. The molecule has 57 heavy (non-hydrogen) atoms. The second kappa shape index (κ2) is 14.8. The highest BCUT2D eigenvalue weighted by Crippen LogP contribution is 2.53. The summed E-state index contributed by atoms with van der Waals surface area (Å²) in [6, 6.07) is 4.02. The van der Waals surface area contributed by atoms with Gasteiger partial charge in [0, 0.05) is 61.4 Å². The lowest BCUT2D eigenvalue weighted by Gasteiger charge is -2.43. The first-order chi connectivity index (χ1) is 27.2. The molecule has 2 aromatic rings. The van der Waals surface area contributed by atoms with Crippen molar-refractivity contribution in [1.29, 1.82) is 0 Å². The Bertz CT molecular complexity index is 2090. The van der Waals surface area contributed by atoms with Crippen LogP contribution in [0.15, 0.2) is 18.2 Å². The largest absolute Gasteiger partial charge is 0.507 e. The molecule has 0 bridgehead atoms. The van der Waals surface area contributed by atoms with Gasteiger partial charge in [0.2, 0.25) is 17.6 Å². The van der Waals surface area contributed by atoms with E-state index in [4.69, 9.17) is 23.7 Å². The third-order valence-corrected chi connectivity index (χ3v) is 12.9. The van der Waals surface area contributed by atoms with E-state index < -0.39 is 113 Å². The molecule has 4 saturated heterocycles. The maximum Gasteiger partial charge on any atom is 0.243 e. The van der Waals surface area contributed by atoms with Crippen molar-refractivity contribution >= 4 is 46.7 Å². The molecule has 0 saturated carbocycles. The molecule has 2 amide bonds. The van der Waals surface area contributed by atoms with E-state index in [1.807, 2.05) is 4.90 Å². The van der Waals surface area contributed by atoms with E-state index in [9.17, 15) is 49.2 Å². The molecular weight excluding hydrogens is 768 g/mol. The summed E-state index contributed by atoms with van der Waals surface area (Å²) in [4.78, 5) is 82.2. The number of hydrogen-bond acceptors (Lipinski definition) is 17. The minimum atomic E-state index is -2.30. The standard InChI is InChI=1S/C39H42N2O15S/c1-16-36-20(40-7-8-53-22(38(40)56-36)9-17(43)14-41-26(45)11-24(57-3)37(41)50)10-27(54-16)55-23-13-39(51,25(44)15-42)12-19-29(23)35(49)31-30(33(19)47)32(46)18-5-4-6-21(52-2)28(18)34(31)48/h4-6,16,20,22-24,27,36,38,42,47,49,51H,7-15H2,1-3H3/t16-,20-,22+,23-,24?,27-,36+,38+,39-/m0/s1. The fourth-order valence-electron chi connectivity index (χ4n) is 9.25. The number of carbonyl (C=O) groups is 6. The molecular formula is C39H42N2O15S. The first-order valence-electron chi connectivity index (χ1n) is 18.7. The van der Waals surface area contributed by atoms with E-state index in [-0.39, 0.29) is 78.1 Å². The Morgan fingerprint density at radius 2 is 1.81 bits per heavy atom. The number of likely N-dealkylation sites (tertiary alicyclic amines) is 1. The predicted molar refractivity (Wildman–Crippen MR) is 195 cm³/mol. The zero-order chi connectivity index (χ0) is 40.7. The number of ether oxygens (including phenoxy) is 5. The van der Waals surface area contributed by atoms with Gasteiger partial charge in [-0.2, -0.15) is 11.8 Å². The van der Waals surface area contributed by atoms with Gasteiger partial charge >= 0.3 is 0 Å². The van der Waals surface area contributed by atoms with Gasteiger partial charge in [0.25, 0.3) is 0 Å². The number of morpholine rings is 1. The van der Waals surface area contributed by atoms with Crippen molar-refractivity contribution < 1.29 is 72.9 Å². The maximum absolute atomic E-state index is 14.0. The number of carbonyl (C=O) groups excluding carboxylic acids is 6. The molecule has 6 aliphatic rings. The minimum Gasteiger partial charge on any atom is -0.507 e. The lowest BCUT2D eigenvalue weighted by atomic mass is 9.72. The van der Waals surface area contributed by atoms with Gasteiger partial charge in [-0.25, -0.2) is 0 Å². The second-order valence-corrected chi connectivity index (χ2v) is 16.2. The highest BCUT2D eigenvalue weighted by atomic mass is 32.2. The Balaban J connectivity index is 1.06. The maximum atomic E-state index is 14.0. The summed E-state index contributed by atoms with van der Waals surface area (Å²) in [6.45, 7) is 1.03. The van der Waals surface area contributed by atoms with E-state index in [1.54, 1.807) is 13.2 Å². The summed E-state index contributed by atoms with van der Waals surface area (Å²) in [5.74, 6) is -5.02. The number of Topliss-reactive ketones (excluding diaryl/α,β-unsaturated/α-hetero) is 2. The third kappa shape index (κ3) is 6.37. The number of amides is 2. The lowest BCUT2D eigenvalue weighted by Crippen LogP contribution is -2.55. The zero-order valence-corrected chi connectivity index (χ0v) is 32.1. The van der Waals surface area contributed by atoms with Gasteiger partial charge in [-0.1, -0.05) is 12.1 Å². The van der Waals surface area contributed by atoms with E-state index >= 15 is 0 Å². The van der Waals surface area contributed by atoms with Gasteiger partial charge in [0.15, 0.2) is 23.6 Å². The van der Waals surface area contributed by atoms with Crippen molar-refractivity contribution in [2.75, 3.05) is 39.7 Å². The number of hydrogen-bond donors (Lipinski definition) is 4. The first-order valence-corrected chi connectivity index (χ1v) is 20.0. The summed E-state index contributed by atoms with van der Waals surface area (Å²) in [7, 11) is 1.32. The average molecular weight is 811 g/mol. The van der Waals surface area contributed by atoms with E-state index in [0.29, 0.717) is 6.54 Å². The number of aliphatic hydroxyl groups is 2. The van der Waals surface area contributed by atoms with E-state index in [1.165, 1.54) is 37.1 Å². The van der Waals surface area contributed by atoms with Crippen molar-refractivity contribution in [3.05, 3.63) is 51.6 Å². The van der Waals surface area contributed by atoms with Crippen LogP contribution < -0.4 is 4.74 Å². The summed E-state index contributed by atoms with van der Waals surface area (Å²) in [6.07, 6.45) is -4.25. The number of ketones is 4. The van der Waals surface area contributed by atoms with Crippen LogP contribution in [-0.2, 0) is 44.5 Å². The molecule has 2 aliphatic carbocycles. The molecule has 0 spiro atoms. The number of phenols is 2. The third-order valence-electron chi connectivity index (χ3n) is 12.0. The highest BCUT2D eigenvalue weighted by molar-refractivity contribution is 8.00. The summed E-state index contributed by atoms with van der Waals surface area (Å²) >= 11 is 1.26. The van der Waals surface area contributed by atoms with Crippen molar-refractivity contribution in [3.63, 3.8) is 0 Å². The lowest BCUT2D eigenvalue weighted by molar-refractivity contribution is -0.247. The molecule has 17 nitrogen and oxygen atoms in total. The van der Waals surface area contributed by atoms with E-state index in [0.717, 1.165) is 4.90 Å². The zero-order valence-electron chi connectivity index (χ0n) is 31.3. The smallest absolute Gasteiger partial charge is 0.243 e. The Morgan fingerprint density at radius 3 is 2.51 bits per heavy atom. The molecule has 304 valence electrons. The first kappa shape index (κ1) is 39.6. The fourth-order valence-corrected chi connectivity index (χ4v) is 9.89. The van der Waals surface area contributed by atoms with Gasteiger partial charge in [0.1, 0.15) is 47.9 Å². The van der Waals surface area contributed by atoms with Crippen LogP contribution in [0, 0.1) is 0 Å². The summed E-state index contributed by atoms with van der Waals surface area (Å²) in [5.41, 5.74) is -3.79. The highest BCUT2D eigenvalue weighted by Gasteiger charge is 2.55. The summed E-state index contributed by atoms with van der Waals surface area (Å²) in [5, 5.41) is 44.5. The monoisotopic (exact) mass is 810 g/mol. The fraction of sp³-hybridized carbons (Fsp3) is 0.538. The van der Waals surface area contributed by atoms with Crippen LogP contribution in [0.5, 0.6) is 17.2 Å². The normalized spacial score (nSPS) is 32.1. The van der Waals surface area contributed by atoms with Crippen LogP contribution in [0.3, 0.4) is 0 Å².